The molecule has 2 heterocycles. The Bertz CT molecular complexity index is 428. The van der Waals surface area contributed by atoms with Crippen LogP contribution < -0.4 is 10.6 Å². The van der Waals surface area contributed by atoms with Crippen molar-refractivity contribution >= 4 is 17.4 Å². The van der Waals surface area contributed by atoms with Crippen molar-refractivity contribution in [3.63, 3.8) is 0 Å². The Balaban J connectivity index is 1.42. The van der Waals surface area contributed by atoms with Crippen LogP contribution in [0.15, 0.2) is 11.6 Å². The number of rotatable bonds is 6. The summed E-state index contributed by atoms with van der Waals surface area (Å²) in [5.74, 6) is 0.560. The van der Waals surface area contributed by atoms with Gasteiger partial charge in [-0.1, -0.05) is 0 Å². The summed E-state index contributed by atoms with van der Waals surface area (Å²) in [6, 6.07) is -0.00664. The summed E-state index contributed by atoms with van der Waals surface area (Å²) in [7, 11) is 0. The highest BCUT2D eigenvalue weighted by Crippen LogP contribution is 2.41. The van der Waals surface area contributed by atoms with Gasteiger partial charge in [-0.15, -0.1) is 11.3 Å². The van der Waals surface area contributed by atoms with Gasteiger partial charge >= 0.3 is 6.03 Å². The number of amides is 2. The van der Waals surface area contributed by atoms with Crippen LogP contribution in [0.5, 0.6) is 0 Å². The summed E-state index contributed by atoms with van der Waals surface area (Å²) >= 11 is 1.61. The normalized spacial score (nSPS) is 23.5. The molecule has 1 saturated heterocycles. The SMILES string of the molecule is O=C(NCC[C@@H]1CCCO1)N[C@@H](c1nccs1)C1CC1. The van der Waals surface area contributed by atoms with Crippen molar-refractivity contribution in [1.82, 2.24) is 15.6 Å². The lowest BCUT2D eigenvalue weighted by molar-refractivity contribution is 0.104. The van der Waals surface area contributed by atoms with E-state index < -0.39 is 0 Å². The number of hydrogen-bond donors (Lipinski definition) is 2. The molecule has 0 radical (unpaired) electrons. The fourth-order valence-corrected chi connectivity index (χ4v) is 3.39. The van der Waals surface area contributed by atoms with Crippen LogP contribution in [-0.2, 0) is 4.74 Å². The van der Waals surface area contributed by atoms with Crippen molar-refractivity contribution in [3.05, 3.63) is 16.6 Å². The Labute approximate surface area is 123 Å². The van der Waals surface area contributed by atoms with E-state index in [0.29, 0.717) is 18.6 Å². The average molecular weight is 295 g/mol. The van der Waals surface area contributed by atoms with Gasteiger partial charge in [0.1, 0.15) is 5.01 Å². The third kappa shape index (κ3) is 3.70. The number of thiazole rings is 1. The van der Waals surface area contributed by atoms with E-state index in [-0.39, 0.29) is 12.1 Å². The van der Waals surface area contributed by atoms with E-state index in [9.17, 15) is 4.79 Å². The summed E-state index contributed by atoms with van der Waals surface area (Å²) in [5.41, 5.74) is 0. The van der Waals surface area contributed by atoms with Crippen LogP contribution in [0.2, 0.25) is 0 Å². The number of carbonyl (C=O) groups is 1. The summed E-state index contributed by atoms with van der Waals surface area (Å²) in [4.78, 5) is 16.3. The smallest absolute Gasteiger partial charge is 0.315 e. The molecule has 0 bridgehead atoms. The molecular formula is C14H21N3O2S. The van der Waals surface area contributed by atoms with E-state index >= 15 is 0 Å². The molecule has 1 aliphatic carbocycles. The standard InChI is InChI=1S/C14H21N3O2S/c18-14(16-6-5-11-2-1-8-19-11)17-12(10-3-4-10)13-15-7-9-20-13/h7,9-12H,1-6,8H2,(H2,16,17,18)/t11-,12+/m0/s1. The van der Waals surface area contributed by atoms with Gasteiger partial charge in [0.2, 0.25) is 0 Å². The number of ether oxygens (including phenoxy) is 1. The minimum Gasteiger partial charge on any atom is -0.378 e. The van der Waals surface area contributed by atoms with Gasteiger partial charge in [0.25, 0.3) is 0 Å². The maximum atomic E-state index is 12.0. The zero-order chi connectivity index (χ0) is 13.8. The number of urea groups is 1. The molecule has 0 aromatic carbocycles. The first-order valence-electron chi connectivity index (χ1n) is 7.38. The molecule has 1 saturated carbocycles. The van der Waals surface area contributed by atoms with Gasteiger partial charge in [-0.05, 0) is 38.0 Å². The largest absolute Gasteiger partial charge is 0.378 e. The van der Waals surface area contributed by atoms with Gasteiger partial charge in [-0.2, -0.15) is 0 Å². The summed E-state index contributed by atoms with van der Waals surface area (Å²) in [5, 5.41) is 8.97. The molecule has 5 nitrogen and oxygen atoms in total. The van der Waals surface area contributed by atoms with Crippen LogP contribution in [0.3, 0.4) is 0 Å². The minimum atomic E-state index is -0.0879. The van der Waals surface area contributed by atoms with E-state index in [0.717, 1.165) is 30.9 Å². The lowest BCUT2D eigenvalue weighted by Crippen LogP contribution is -2.39. The van der Waals surface area contributed by atoms with E-state index in [1.165, 1.54) is 12.8 Å². The van der Waals surface area contributed by atoms with Crippen molar-refractivity contribution in [3.8, 4) is 0 Å². The molecule has 1 aliphatic heterocycles. The molecular weight excluding hydrogens is 274 g/mol. The second-order valence-electron chi connectivity index (χ2n) is 5.51. The van der Waals surface area contributed by atoms with Gasteiger partial charge in [0, 0.05) is 24.7 Å². The topological polar surface area (TPSA) is 63.2 Å². The van der Waals surface area contributed by atoms with E-state index in [2.05, 4.69) is 15.6 Å². The van der Waals surface area contributed by atoms with E-state index in [1.807, 2.05) is 5.38 Å². The molecule has 2 aliphatic rings. The van der Waals surface area contributed by atoms with Crippen molar-refractivity contribution in [1.29, 1.82) is 0 Å². The molecule has 0 spiro atoms. The number of carbonyl (C=O) groups excluding carboxylic acids is 1. The number of hydrogen-bond acceptors (Lipinski definition) is 4. The predicted octanol–water partition coefficient (Wildman–Crippen LogP) is 2.46. The van der Waals surface area contributed by atoms with Gasteiger partial charge < -0.3 is 15.4 Å². The van der Waals surface area contributed by atoms with Crippen LogP contribution in [0, 0.1) is 5.92 Å². The molecule has 2 atom stereocenters. The lowest BCUT2D eigenvalue weighted by Gasteiger charge is -2.17. The predicted molar refractivity (Wildman–Crippen MR) is 77.7 cm³/mol. The third-order valence-corrected chi connectivity index (χ3v) is 4.73. The zero-order valence-electron chi connectivity index (χ0n) is 11.5. The van der Waals surface area contributed by atoms with Gasteiger partial charge in [-0.3, -0.25) is 0 Å². The fourth-order valence-electron chi connectivity index (χ4n) is 2.61. The van der Waals surface area contributed by atoms with Crippen molar-refractivity contribution < 1.29 is 9.53 Å². The highest BCUT2D eigenvalue weighted by atomic mass is 32.1. The van der Waals surface area contributed by atoms with Gasteiger partial charge in [0.15, 0.2) is 0 Å². The minimum absolute atomic E-state index is 0.0812. The van der Waals surface area contributed by atoms with E-state index in [1.54, 1.807) is 17.5 Å². The Morgan fingerprint density at radius 2 is 2.40 bits per heavy atom. The first kappa shape index (κ1) is 13.8. The number of nitrogens with zero attached hydrogens (tertiary/aromatic N) is 1. The van der Waals surface area contributed by atoms with Crippen LogP contribution in [0.25, 0.3) is 0 Å². The van der Waals surface area contributed by atoms with E-state index in [4.69, 9.17) is 4.74 Å². The molecule has 20 heavy (non-hydrogen) atoms. The lowest BCUT2D eigenvalue weighted by atomic mass is 10.2. The summed E-state index contributed by atoms with van der Waals surface area (Å²) in [6.07, 6.45) is 7.65. The summed E-state index contributed by atoms with van der Waals surface area (Å²) < 4.78 is 5.54. The molecule has 2 N–H and O–H groups in total. The molecule has 1 aromatic heterocycles. The number of nitrogens with one attached hydrogen (secondary N) is 2. The van der Waals surface area contributed by atoms with Crippen LogP contribution in [0.4, 0.5) is 4.79 Å². The first-order chi connectivity index (χ1) is 9.83. The Kier molecular flexibility index (Phi) is 4.52. The van der Waals surface area contributed by atoms with Crippen molar-refractivity contribution in [2.24, 2.45) is 5.92 Å². The molecule has 0 unspecified atom stereocenters. The molecule has 110 valence electrons. The van der Waals surface area contributed by atoms with Crippen LogP contribution in [-0.4, -0.2) is 30.3 Å². The van der Waals surface area contributed by atoms with Crippen LogP contribution >= 0.6 is 11.3 Å². The van der Waals surface area contributed by atoms with Gasteiger partial charge in [0.05, 0.1) is 12.1 Å². The summed E-state index contributed by atoms with van der Waals surface area (Å²) in [6.45, 7) is 1.54. The van der Waals surface area contributed by atoms with Gasteiger partial charge in [-0.25, -0.2) is 9.78 Å². The average Bonchev–Trinajstić information content (AvgIpc) is 2.93. The Hall–Kier alpha value is -1.14. The quantitative estimate of drug-likeness (QED) is 0.847. The highest BCUT2D eigenvalue weighted by molar-refractivity contribution is 7.09. The molecule has 2 amide bonds. The second kappa shape index (κ2) is 6.54. The van der Waals surface area contributed by atoms with Crippen molar-refractivity contribution in [2.45, 2.75) is 44.2 Å². The Morgan fingerprint density at radius 3 is 3.05 bits per heavy atom. The monoisotopic (exact) mass is 295 g/mol. The molecule has 1 aromatic rings. The third-order valence-electron chi connectivity index (χ3n) is 3.87. The van der Waals surface area contributed by atoms with Crippen LogP contribution in [0.1, 0.15) is 43.2 Å². The first-order valence-corrected chi connectivity index (χ1v) is 8.26. The zero-order valence-corrected chi connectivity index (χ0v) is 12.3. The number of aromatic nitrogens is 1. The maximum Gasteiger partial charge on any atom is 0.315 e. The molecule has 3 rings (SSSR count). The van der Waals surface area contributed by atoms with Crippen molar-refractivity contribution in [2.75, 3.05) is 13.2 Å². The fraction of sp³-hybridized carbons (Fsp3) is 0.714. The maximum absolute atomic E-state index is 12.0. The highest BCUT2D eigenvalue weighted by Gasteiger charge is 2.34. The second-order valence-corrected chi connectivity index (χ2v) is 6.44. The Morgan fingerprint density at radius 1 is 1.50 bits per heavy atom. The molecule has 2 fully saturated rings. The molecule has 6 heteroatoms.